The van der Waals surface area contributed by atoms with Crippen molar-refractivity contribution in [2.45, 2.75) is 48.1 Å². The molecular formula is C24H28O6. The Bertz CT molecular complexity index is 917. The second-order valence-electron chi connectivity index (χ2n) is 9.00. The zero-order chi connectivity index (χ0) is 22.5. The molecule has 0 spiro atoms. The van der Waals surface area contributed by atoms with Gasteiger partial charge in [-0.3, -0.25) is 9.59 Å². The molecule has 0 aliphatic rings. The van der Waals surface area contributed by atoms with Gasteiger partial charge in [0.15, 0.2) is 0 Å². The summed E-state index contributed by atoms with van der Waals surface area (Å²) in [5.41, 5.74) is -0.661. The number of rotatable bonds is 5. The van der Waals surface area contributed by atoms with E-state index in [0.29, 0.717) is 0 Å². The molecule has 2 aromatic rings. The Hall–Kier alpha value is -3.15. The minimum Gasteiger partial charge on any atom is -0.457 e. The average molecular weight is 412 g/mol. The highest BCUT2D eigenvalue weighted by atomic mass is 16.6. The Morgan fingerprint density at radius 1 is 0.767 bits per heavy atom. The first-order valence-corrected chi connectivity index (χ1v) is 9.67. The first-order chi connectivity index (χ1) is 13.9. The minimum atomic E-state index is -0.761. The lowest BCUT2D eigenvalue weighted by molar-refractivity contribution is -0.144. The number of esters is 3. The Morgan fingerprint density at radius 2 is 1.33 bits per heavy atom. The van der Waals surface area contributed by atoms with Gasteiger partial charge in [-0.15, -0.1) is 0 Å². The lowest BCUT2D eigenvalue weighted by Gasteiger charge is -2.19. The number of carbonyl (C=O) groups excluding carboxylic acids is 3. The van der Waals surface area contributed by atoms with E-state index in [4.69, 9.17) is 14.2 Å². The Kier molecular flexibility index (Phi) is 7.03. The van der Waals surface area contributed by atoms with E-state index >= 15 is 0 Å². The van der Waals surface area contributed by atoms with Crippen LogP contribution in [-0.2, 0) is 20.9 Å². The molecule has 0 fully saturated rings. The molecule has 0 aliphatic carbocycles. The molecule has 0 aromatic heterocycles. The van der Waals surface area contributed by atoms with E-state index in [1.54, 1.807) is 41.5 Å². The van der Waals surface area contributed by atoms with E-state index in [1.807, 2.05) is 30.3 Å². The summed E-state index contributed by atoms with van der Waals surface area (Å²) in [5, 5.41) is 0. The molecule has 0 radical (unpaired) electrons. The monoisotopic (exact) mass is 412 g/mol. The molecule has 0 amide bonds. The molecule has 2 rings (SSSR count). The molecule has 0 saturated carbocycles. The zero-order valence-corrected chi connectivity index (χ0v) is 18.3. The molecule has 0 saturated heterocycles. The zero-order valence-electron chi connectivity index (χ0n) is 18.3. The predicted molar refractivity (Wildman–Crippen MR) is 112 cm³/mol. The van der Waals surface area contributed by atoms with Crippen molar-refractivity contribution in [1.29, 1.82) is 0 Å². The highest BCUT2D eigenvalue weighted by molar-refractivity contribution is 5.94. The van der Waals surface area contributed by atoms with Crippen molar-refractivity contribution in [3.8, 4) is 11.5 Å². The van der Waals surface area contributed by atoms with Gasteiger partial charge in [0.1, 0.15) is 23.7 Å². The van der Waals surface area contributed by atoms with Crippen molar-refractivity contribution >= 4 is 17.9 Å². The topological polar surface area (TPSA) is 78.9 Å². The minimum absolute atomic E-state index is 0.00254. The number of hydrogen-bond donors (Lipinski definition) is 0. The molecule has 0 heterocycles. The van der Waals surface area contributed by atoms with Gasteiger partial charge in [-0.25, -0.2) is 4.79 Å². The number of hydrogen-bond acceptors (Lipinski definition) is 6. The van der Waals surface area contributed by atoms with Crippen LogP contribution in [0.25, 0.3) is 0 Å². The van der Waals surface area contributed by atoms with Crippen LogP contribution in [0.3, 0.4) is 0 Å². The number of carbonyl (C=O) groups is 3. The van der Waals surface area contributed by atoms with Crippen molar-refractivity contribution < 1.29 is 28.6 Å². The molecular weight excluding hydrogens is 384 g/mol. The summed E-state index contributed by atoms with van der Waals surface area (Å²) in [6.45, 7) is 10.4. The molecule has 160 valence electrons. The van der Waals surface area contributed by atoms with Gasteiger partial charge in [-0.05, 0) is 65.3 Å². The van der Waals surface area contributed by atoms with Gasteiger partial charge in [-0.1, -0.05) is 30.3 Å². The third kappa shape index (κ3) is 6.44. The van der Waals surface area contributed by atoms with E-state index in [9.17, 15) is 14.4 Å². The molecule has 6 heteroatoms. The van der Waals surface area contributed by atoms with Crippen molar-refractivity contribution in [1.82, 2.24) is 0 Å². The van der Waals surface area contributed by atoms with Crippen LogP contribution in [-0.4, -0.2) is 17.9 Å². The Balaban J connectivity index is 2.30. The molecule has 0 unspecified atom stereocenters. The normalized spacial score (nSPS) is 11.5. The fourth-order valence-electron chi connectivity index (χ4n) is 2.14. The third-order valence-electron chi connectivity index (χ3n) is 4.02. The molecule has 6 nitrogen and oxygen atoms in total. The van der Waals surface area contributed by atoms with Gasteiger partial charge in [-0.2, -0.15) is 0 Å². The fourth-order valence-corrected chi connectivity index (χ4v) is 2.14. The van der Waals surface area contributed by atoms with Crippen LogP contribution in [0, 0.1) is 10.8 Å². The van der Waals surface area contributed by atoms with Gasteiger partial charge in [0.05, 0.1) is 10.8 Å². The highest BCUT2D eigenvalue weighted by Gasteiger charge is 2.28. The van der Waals surface area contributed by atoms with Crippen molar-refractivity contribution in [2.75, 3.05) is 0 Å². The van der Waals surface area contributed by atoms with Crippen molar-refractivity contribution in [3.63, 3.8) is 0 Å². The largest absolute Gasteiger partial charge is 0.457 e. The predicted octanol–water partition coefficient (Wildman–Crippen LogP) is 4.95. The lowest BCUT2D eigenvalue weighted by Crippen LogP contribution is -2.27. The summed E-state index contributed by atoms with van der Waals surface area (Å²) in [6, 6.07) is 13.4. The van der Waals surface area contributed by atoms with E-state index in [2.05, 4.69) is 0 Å². The van der Waals surface area contributed by atoms with Gasteiger partial charge in [0.2, 0.25) is 0 Å². The number of ether oxygens (including phenoxy) is 3. The fraction of sp³-hybridized carbons (Fsp3) is 0.375. The van der Waals surface area contributed by atoms with Crippen molar-refractivity contribution in [2.24, 2.45) is 10.8 Å². The summed E-state index contributed by atoms with van der Waals surface area (Å²) in [5.74, 6) is -1.44. The highest BCUT2D eigenvalue weighted by Crippen LogP contribution is 2.29. The standard InChI is InChI=1S/C24H28O6/c1-23(2,3)21(26)29-17-12-13-19(30-22(27)24(4,5)6)18(14-17)20(25)28-15-16-10-8-7-9-11-16/h7-14H,15H2,1-6H3. The van der Waals surface area contributed by atoms with Crippen LogP contribution in [0.4, 0.5) is 0 Å². The number of benzene rings is 2. The lowest BCUT2D eigenvalue weighted by atomic mass is 9.97. The van der Waals surface area contributed by atoms with Crippen LogP contribution in [0.15, 0.2) is 48.5 Å². The van der Waals surface area contributed by atoms with E-state index in [0.717, 1.165) is 5.56 Å². The maximum absolute atomic E-state index is 12.8. The summed E-state index contributed by atoms with van der Waals surface area (Å²) < 4.78 is 16.2. The SMILES string of the molecule is CC(C)(C)C(=O)Oc1ccc(OC(=O)C(C)(C)C)c(C(=O)OCc2ccccc2)c1. The maximum Gasteiger partial charge on any atom is 0.342 e. The first kappa shape index (κ1) is 23.1. The average Bonchev–Trinajstić information content (AvgIpc) is 2.66. The first-order valence-electron chi connectivity index (χ1n) is 9.67. The third-order valence-corrected chi connectivity index (χ3v) is 4.02. The van der Waals surface area contributed by atoms with Crippen molar-refractivity contribution in [3.05, 3.63) is 59.7 Å². The molecule has 30 heavy (non-hydrogen) atoms. The van der Waals surface area contributed by atoms with Gasteiger partial charge >= 0.3 is 17.9 Å². The molecule has 0 N–H and O–H groups in total. The molecule has 2 aromatic carbocycles. The van der Waals surface area contributed by atoms with Gasteiger partial charge in [0.25, 0.3) is 0 Å². The van der Waals surface area contributed by atoms with E-state index < -0.39 is 28.7 Å². The molecule has 0 atom stereocenters. The Labute approximate surface area is 177 Å². The van der Waals surface area contributed by atoms with Crippen LogP contribution < -0.4 is 9.47 Å². The van der Waals surface area contributed by atoms with E-state index in [1.165, 1.54) is 18.2 Å². The molecule has 0 aliphatic heterocycles. The van der Waals surface area contributed by atoms with Crippen LogP contribution in [0.5, 0.6) is 11.5 Å². The molecule has 0 bridgehead atoms. The summed E-state index contributed by atoms with van der Waals surface area (Å²) in [6.07, 6.45) is 0. The van der Waals surface area contributed by atoms with E-state index in [-0.39, 0.29) is 23.7 Å². The van der Waals surface area contributed by atoms with Crippen LogP contribution in [0.1, 0.15) is 57.5 Å². The summed E-state index contributed by atoms with van der Waals surface area (Å²) >= 11 is 0. The smallest absolute Gasteiger partial charge is 0.342 e. The van der Waals surface area contributed by atoms with Gasteiger partial charge in [0, 0.05) is 0 Å². The quantitative estimate of drug-likeness (QED) is 0.511. The second-order valence-corrected chi connectivity index (χ2v) is 9.00. The van der Waals surface area contributed by atoms with Gasteiger partial charge < -0.3 is 14.2 Å². The maximum atomic E-state index is 12.8. The summed E-state index contributed by atoms with van der Waals surface area (Å²) in [4.78, 5) is 37.3. The van der Waals surface area contributed by atoms with Crippen LogP contribution >= 0.6 is 0 Å². The Morgan fingerprint density at radius 3 is 1.90 bits per heavy atom. The summed E-state index contributed by atoms with van der Waals surface area (Å²) in [7, 11) is 0. The van der Waals surface area contributed by atoms with Crippen LogP contribution in [0.2, 0.25) is 0 Å². The second kappa shape index (κ2) is 9.11.